The first-order chi connectivity index (χ1) is 13.0. The van der Waals surface area contributed by atoms with Crippen LogP contribution in [0.4, 0.5) is 0 Å². The second-order valence-corrected chi connectivity index (χ2v) is 9.00. The topological polar surface area (TPSA) is 116 Å². The SMILES string of the molecule is O=c1[nH]c2cnc(-n3cnc4ccccc43)nc2n1C1CCS(=O)(=O)CC1. The number of rotatable bonds is 2. The molecule has 0 amide bonds. The van der Waals surface area contributed by atoms with E-state index in [1.807, 2.05) is 24.3 Å². The molecule has 0 unspecified atom stereocenters. The molecule has 3 aromatic heterocycles. The summed E-state index contributed by atoms with van der Waals surface area (Å²) >= 11 is 0. The highest BCUT2D eigenvalue weighted by Crippen LogP contribution is 2.25. The number of fused-ring (bicyclic) bond motifs is 2. The summed E-state index contributed by atoms with van der Waals surface area (Å²) in [4.78, 5) is 28.5. The lowest BCUT2D eigenvalue weighted by Crippen LogP contribution is -2.30. The zero-order chi connectivity index (χ0) is 18.6. The molecule has 27 heavy (non-hydrogen) atoms. The van der Waals surface area contributed by atoms with E-state index in [0.717, 1.165) is 11.0 Å². The highest BCUT2D eigenvalue weighted by Gasteiger charge is 2.27. The Morgan fingerprint density at radius 3 is 2.70 bits per heavy atom. The van der Waals surface area contributed by atoms with Crippen molar-refractivity contribution in [2.45, 2.75) is 18.9 Å². The Balaban J connectivity index is 1.64. The fourth-order valence-corrected chi connectivity index (χ4v) is 5.08. The second-order valence-electron chi connectivity index (χ2n) is 6.69. The first-order valence-corrected chi connectivity index (χ1v) is 10.4. The normalized spacial score (nSPS) is 17.6. The number of H-pyrrole nitrogens is 1. The number of sulfone groups is 1. The lowest BCUT2D eigenvalue weighted by atomic mass is 10.1. The van der Waals surface area contributed by atoms with Crippen molar-refractivity contribution in [1.29, 1.82) is 0 Å². The zero-order valence-electron chi connectivity index (χ0n) is 14.2. The molecule has 10 heteroatoms. The molecule has 0 aliphatic carbocycles. The Hall–Kier alpha value is -3.01. The zero-order valence-corrected chi connectivity index (χ0v) is 15.1. The van der Waals surface area contributed by atoms with Gasteiger partial charge in [0.05, 0.1) is 28.7 Å². The summed E-state index contributed by atoms with van der Waals surface area (Å²) in [6.07, 6.45) is 4.03. The van der Waals surface area contributed by atoms with Crippen molar-refractivity contribution in [3.63, 3.8) is 0 Å². The number of nitrogens with zero attached hydrogens (tertiary/aromatic N) is 5. The predicted octanol–water partition coefficient (Wildman–Crippen LogP) is 1.21. The molecule has 138 valence electrons. The van der Waals surface area contributed by atoms with Crippen LogP contribution in [0.3, 0.4) is 0 Å². The van der Waals surface area contributed by atoms with Crippen molar-refractivity contribution in [1.82, 2.24) is 29.1 Å². The Morgan fingerprint density at radius 2 is 1.89 bits per heavy atom. The summed E-state index contributed by atoms with van der Waals surface area (Å²) in [5.74, 6) is 0.578. The summed E-state index contributed by atoms with van der Waals surface area (Å²) in [6, 6.07) is 7.45. The maximum Gasteiger partial charge on any atom is 0.327 e. The number of aromatic nitrogens is 6. The molecule has 1 aliphatic heterocycles. The fraction of sp³-hybridized carbons (Fsp3) is 0.294. The maximum absolute atomic E-state index is 12.5. The molecular formula is C17H16N6O3S. The minimum absolute atomic E-state index is 0.0842. The predicted molar refractivity (Wildman–Crippen MR) is 99.7 cm³/mol. The fourth-order valence-electron chi connectivity index (χ4n) is 3.62. The van der Waals surface area contributed by atoms with Gasteiger partial charge < -0.3 is 4.98 Å². The molecule has 1 aliphatic rings. The molecule has 0 spiro atoms. The van der Waals surface area contributed by atoms with E-state index in [4.69, 9.17) is 0 Å². The highest BCUT2D eigenvalue weighted by molar-refractivity contribution is 7.91. The van der Waals surface area contributed by atoms with E-state index >= 15 is 0 Å². The number of hydrogen-bond donors (Lipinski definition) is 1. The van der Waals surface area contributed by atoms with Gasteiger partial charge >= 0.3 is 5.69 Å². The number of aromatic amines is 1. The lowest BCUT2D eigenvalue weighted by Gasteiger charge is -2.22. The summed E-state index contributed by atoms with van der Waals surface area (Å²) in [7, 11) is -3.01. The van der Waals surface area contributed by atoms with Crippen molar-refractivity contribution >= 4 is 32.0 Å². The third-order valence-corrected chi connectivity index (χ3v) is 6.72. The Kier molecular flexibility index (Phi) is 3.44. The summed E-state index contributed by atoms with van der Waals surface area (Å²) in [5.41, 5.74) is 2.40. The minimum Gasteiger partial charge on any atom is -0.303 e. The minimum atomic E-state index is -3.01. The lowest BCUT2D eigenvalue weighted by molar-refractivity contribution is 0.447. The molecule has 5 rings (SSSR count). The average molecular weight is 384 g/mol. The molecule has 1 N–H and O–H groups in total. The monoisotopic (exact) mass is 384 g/mol. The average Bonchev–Trinajstić information content (AvgIpc) is 3.22. The van der Waals surface area contributed by atoms with Crippen LogP contribution in [0.1, 0.15) is 18.9 Å². The molecule has 1 saturated heterocycles. The molecular weight excluding hydrogens is 368 g/mol. The third-order valence-electron chi connectivity index (χ3n) is 5.00. The van der Waals surface area contributed by atoms with Gasteiger partial charge in [-0.25, -0.2) is 23.2 Å². The van der Waals surface area contributed by atoms with Gasteiger partial charge in [0.1, 0.15) is 21.7 Å². The van der Waals surface area contributed by atoms with E-state index in [0.29, 0.717) is 30.0 Å². The van der Waals surface area contributed by atoms with Gasteiger partial charge in [-0.3, -0.25) is 9.13 Å². The van der Waals surface area contributed by atoms with Crippen LogP contribution in [0.5, 0.6) is 0 Å². The Morgan fingerprint density at radius 1 is 1.11 bits per heavy atom. The van der Waals surface area contributed by atoms with E-state index in [1.165, 1.54) is 0 Å². The van der Waals surface area contributed by atoms with Crippen LogP contribution in [0.25, 0.3) is 28.1 Å². The number of imidazole rings is 2. The van der Waals surface area contributed by atoms with Gasteiger partial charge in [0.2, 0.25) is 5.95 Å². The van der Waals surface area contributed by atoms with Crippen LogP contribution in [-0.4, -0.2) is 49.0 Å². The van der Waals surface area contributed by atoms with Crippen LogP contribution >= 0.6 is 0 Å². The van der Waals surface area contributed by atoms with Crippen molar-refractivity contribution in [3.05, 3.63) is 47.3 Å². The van der Waals surface area contributed by atoms with E-state index in [1.54, 1.807) is 21.7 Å². The van der Waals surface area contributed by atoms with Crippen LogP contribution in [0.2, 0.25) is 0 Å². The van der Waals surface area contributed by atoms with Gasteiger partial charge in [0.25, 0.3) is 0 Å². The standard InChI is InChI=1S/C17H16N6O3S/c24-17-20-13-9-18-16(22-10-19-12-3-1-2-4-14(12)22)21-15(13)23(17)11-5-7-27(25,26)8-6-11/h1-4,9-11H,5-8H2,(H,20,24). The number of benzene rings is 1. The molecule has 4 aromatic rings. The van der Waals surface area contributed by atoms with Gasteiger partial charge in [0, 0.05) is 6.04 Å². The number of hydrogen-bond acceptors (Lipinski definition) is 6. The summed E-state index contributed by atoms with van der Waals surface area (Å²) in [5, 5.41) is 0. The van der Waals surface area contributed by atoms with Crippen LogP contribution in [0, 0.1) is 0 Å². The number of para-hydroxylation sites is 2. The molecule has 4 heterocycles. The van der Waals surface area contributed by atoms with Crippen LogP contribution in [-0.2, 0) is 9.84 Å². The molecule has 0 bridgehead atoms. The summed E-state index contributed by atoms with van der Waals surface area (Å²) in [6.45, 7) is 0. The van der Waals surface area contributed by atoms with Crippen molar-refractivity contribution < 1.29 is 8.42 Å². The number of nitrogens with one attached hydrogen (secondary N) is 1. The van der Waals surface area contributed by atoms with E-state index in [9.17, 15) is 13.2 Å². The smallest absolute Gasteiger partial charge is 0.303 e. The van der Waals surface area contributed by atoms with Gasteiger partial charge in [-0.2, -0.15) is 4.98 Å². The van der Waals surface area contributed by atoms with Crippen molar-refractivity contribution in [2.24, 2.45) is 0 Å². The Bertz CT molecular complexity index is 1320. The first-order valence-electron chi connectivity index (χ1n) is 8.62. The van der Waals surface area contributed by atoms with Crippen molar-refractivity contribution in [2.75, 3.05) is 11.5 Å². The van der Waals surface area contributed by atoms with Crippen LogP contribution < -0.4 is 5.69 Å². The summed E-state index contributed by atoms with van der Waals surface area (Å²) < 4.78 is 26.8. The van der Waals surface area contributed by atoms with Gasteiger partial charge in [-0.15, -0.1) is 0 Å². The maximum atomic E-state index is 12.5. The molecule has 0 atom stereocenters. The third kappa shape index (κ3) is 2.64. The quantitative estimate of drug-likeness (QED) is 0.555. The Labute approximate surface area is 153 Å². The van der Waals surface area contributed by atoms with Gasteiger partial charge in [-0.1, -0.05) is 12.1 Å². The van der Waals surface area contributed by atoms with E-state index in [-0.39, 0.29) is 23.2 Å². The van der Waals surface area contributed by atoms with Gasteiger partial charge in [-0.05, 0) is 25.0 Å². The van der Waals surface area contributed by atoms with E-state index < -0.39 is 9.84 Å². The van der Waals surface area contributed by atoms with Crippen molar-refractivity contribution in [3.8, 4) is 5.95 Å². The molecule has 1 aromatic carbocycles. The largest absolute Gasteiger partial charge is 0.327 e. The van der Waals surface area contributed by atoms with Gasteiger partial charge in [0.15, 0.2) is 5.65 Å². The molecule has 0 radical (unpaired) electrons. The molecule has 9 nitrogen and oxygen atoms in total. The second kappa shape index (κ2) is 5.74. The first kappa shape index (κ1) is 16.2. The molecule has 0 saturated carbocycles. The highest BCUT2D eigenvalue weighted by atomic mass is 32.2. The van der Waals surface area contributed by atoms with Crippen LogP contribution in [0.15, 0.2) is 41.6 Å². The molecule has 1 fully saturated rings. The van der Waals surface area contributed by atoms with E-state index in [2.05, 4.69) is 19.9 Å².